The lowest BCUT2D eigenvalue weighted by Gasteiger charge is -2.17. The van der Waals surface area contributed by atoms with Gasteiger partial charge in [0, 0.05) is 6.54 Å². The molecule has 0 saturated carbocycles. The zero-order valence-electron chi connectivity index (χ0n) is 11.2. The Bertz CT molecular complexity index is 438. The van der Waals surface area contributed by atoms with Crippen LogP contribution in [0.15, 0.2) is 18.2 Å². The van der Waals surface area contributed by atoms with Crippen molar-refractivity contribution in [2.45, 2.75) is 19.4 Å². The molecular formula is C13H20FN3O2. The second-order valence-corrected chi connectivity index (χ2v) is 4.66. The molecule has 0 aliphatic rings. The third-order valence-electron chi connectivity index (χ3n) is 2.63. The minimum atomic E-state index is -0.440. The maximum absolute atomic E-state index is 12.8. The quantitative estimate of drug-likeness (QED) is 0.674. The topological polar surface area (TPSA) is 78.6 Å². The minimum Gasteiger partial charge on any atom is -0.397 e. The molecule has 0 saturated heterocycles. The van der Waals surface area contributed by atoms with Crippen LogP contribution < -0.4 is 11.1 Å². The van der Waals surface area contributed by atoms with Gasteiger partial charge in [-0.1, -0.05) is 0 Å². The van der Waals surface area contributed by atoms with E-state index in [-0.39, 0.29) is 18.1 Å². The number of aliphatic hydroxyl groups excluding tert-OH is 1. The van der Waals surface area contributed by atoms with Crippen LogP contribution in [-0.4, -0.2) is 42.2 Å². The van der Waals surface area contributed by atoms with E-state index in [9.17, 15) is 9.18 Å². The number of aliphatic hydroxyl groups is 1. The summed E-state index contributed by atoms with van der Waals surface area (Å²) in [5, 5.41) is 11.8. The Morgan fingerprint density at radius 3 is 2.84 bits per heavy atom. The zero-order chi connectivity index (χ0) is 14.4. The fourth-order valence-corrected chi connectivity index (χ4v) is 1.57. The molecule has 4 N–H and O–H groups in total. The van der Waals surface area contributed by atoms with Crippen molar-refractivity contribution >= 4 is 17.3 Å². The predicted octanol–water partition coefficient (Wildman–Crippen LogP) is 1.05. The molecule has 1 unspecified atom stereocenters. The number of hydrogen-bond donors (Lipinski definition) is 3. The standard InChI is InChI=1S/C13H20FN3O2/c1-9(18)5-6-17(2)8-13(19)16-12-4-3-10(14)7-11(12)15/h3-4,7,9,18H,5-6,8,15H2,1-2H3,(H,16,19). The monoisotopic (exact) mass is 269 g/mol. The number of nitrogens with two attached hydrogens (primary N) is 1. The molecule has 19 heavy (non-hydrogen) atoms. The largest absolute Gasteiger partial charge is 0.397 e. The van der Waals surface area contributed by atoms with Gasteiger partial charge in [-0.2, -0.15) is 0 Å². The van der Waals surface area contributed by atoms with Crippen molar-refractivity contribution in [3.63, 3.8) is 0 Å². The van der Waals surface area contributed by atoms with Crippen LogP contribution in [0.5, 0.6) is 0 Å². The molecule has 1 rings (SSSR count). The van der Waals surface area contributed by atoms with Gasteiger partial charge in [0.2, 0.25) is 5.91 Å². The Kier molecular flexibility index (Phi) is 5.72. The summed E-state index contributed by atoms with van der Waals surface area (Å²) in [5.74, 6) is -0.670. The summed E-state index contributed by atoms with van der Waals surface area (Å²) in [4.78, 5) is 13.5. The normalized spacial score (nSPS) is 12.5. The van der Waals surface area contributed by atoms with E-state index in [1.54, 1.807) is 18.9 Å². The number of anilines is 2. The number of hydrogen-bond acceptors (Lipinski definition) is 4. The number of benzene rings is 1. The maximum Gasteiger partial charge on any atom is 0.238 e. The number of halogens is 1. The SMILES string of the molecule is CC(O)CCN(C)CC(=O)Nc1ccc(F)cc1N. The molecule has 0 fully saturated rings. The molecule has 0 radical (unpaired) electrons. The van der Waals surface area contributed by atoms with Crippen molar-refractivity contribution in [2.24, 2.45) is 0 Å². The van der Waals surface area contributed by atoms with Gasteiger partial charge in [-0.05, 0) is 38.6 Å². The molecule has 0 heterocycles. The first-order valence-electron chi connectivity index (χ1n) is 6.10. The van der Waals surface area contributed by atoms with Crippen LogP contribution in [-0.2, 0) is 4.79 Å². The van der Waals surface area contributed by atoms with Crippen molar-refractivity contribution in [2.75, 3.05) is 31.2 Å². The second-order valence-electron chi connectivity index (χ2n) is 4.66. The highest BCUT2D eigenvalue weighted by molar-refractivity contribution is 5.95. The van der Waals surface area contributed by atoms with Crippen molar-refractivity contribution in [3.8, 4) is 0 Å². The Labute approximate surface area is 112 Å². The van der Waals surface area contributed by atoms with E-state index in [2.05, 4.69) is 5.32 Å². The average Bonchev–Trinajstić information content (AvgIpc) is 2.30. The Balaban J connectivity index is 2.46. The van der Waals surface area contributed by atoms with E-state index in [1.165, 1.54) is 12.1 Å². The van der Waals surface area contributed by atoms with E-state index in [0.29, 0.717) is 18.7 Å². The first kappa shape index (κ1) is 15.4. The molecule has 0 aliphatic heterocycles. The third kappa shape index (κ3) is 5.67. The summed E-state index contributed by atoms with van der Waals surface area (Å²) in [6.45, 7) is 2.50. The van der Waals surface area contributed by atoms with Gasteiger partial charge in [-0.15, -0.1) is 0 Å². The highest BCUT2D eigenvalue weighted by atomic mass is 19.1. The summed E-state index contributed by atoms with van der Waals surface area (Å²) >= 11 is 0. The molecule has 1 aromatic rings. The van der Waals surface area contributed by atoms with Crippen LogP contribution in [0.25, 0.3) is 0 Å². The van der Waals surface area contributed by atoms with Gasteiger partial charge >= 0.3 is 0 Å². The molecule has 0 aromatic heterocycles. The molecule has 5 nitrogen and oxygen atoms in total. The fourth-order valence-electron chi connectivity index (χ4n) is 1.57. The average molecular weight is 269 g/mol. The number of nitrogens with zero attached hydrogens (tertiary/aromatic N) is 1. The van der Waals surface area contributed by atoms with Gasteiger partial charge in [0.25, 0.3) is 0 Å². The molecule has 1 amide bonds. The number of likely N-dealkylation sites (N-methyl/N-ethyl adjacent to an activating group) is 1. The Hall–Kier alpha value is -1.66. The number of carbonyl (C=O) groups excluding carboxylic acids is 1. The van der Waals surface area contributed by atoms with Gasteiger partial charge in [-0.25, -0.2) is 4.39 Å². The molecule has 0 bridgehead atoms. The number of nitrogens with one attached hydrogen (secondary N) is 1. The highest BCUT2D eigenvalue weighted by Crippen LogP contribution is 2.18. The second kappa shape index (κ2) is 7.06. The first-order chi connectivity index (χ1) is 8.88. The van der Waals surface area contributed by atoms with E-state index in [0.717, 1.165) is 6.07 Å². The van der Waals surface area contributed by atoms with Crippen molar-refractivity contribution in [3.05, 3.63) is 24.0 Å². The van der Waals surface area contributed by atoms with Gasteiger partial charge in [-0.3, -0.25) is 9.69 Å². The maximum atomic E-state index is 12.8. The lowest BCUT2D eigenvalue weighted by Crippen LogP contribution is -2.32. The van der Waals surface area contributed by atoms with Crippen molar-refractivity contribution < 1.29 is 14.3 Å². The fraction of sp³-hybridized carbons (Fsp3) is 0.462. The number of carbonyl (C=O) groups is 1. The Morgan fingerprint density at radius 1 is 1.58 bits per heavy atom. The number of rotatable bonds is 6. The first-order valence-corrected chi connectivity index (χ1v) is 6.10. The van der Waals surface area contributed by atoms with E-state index >= 15 is 0 Å². The summed E-state index contributed by atoms with van der Waals surface area (Å²) in [7, 11) is 1.79. The van der Waals surface area contributed by atoms with Gasteiger partial charge in [0.15, 0.2) is 0 Å². The zero-order valence-corrected chi connectivity index (χ0v) is 11.2. The van der Waals surface area contributed by atoms with E-state index < -0.39 is 11.9 Å². The van der Waals surface area contributed by atoms with Crippen LogP contribution in [0.3, 0.4) is 0 Å². The van der Waals surface area contributed by atoms with E-state index in [1.807, 2.05) is 0 Å². The molecule has 106 valence electrons. The van der Waals surface area contributed by atoms with Crippen LogP contribution in [0.2, 0.25) is 0 Å². The summed E-state index contributed by atoms with van der Waals surface area (Å²) in [6, 6.07) is 3.83. The van der Waals surface area contributed by atoms with E-state index in [4.69, 9.17) is 10.8 Å². The van der Waals surface area contributed by atoms with Gasteiger partial charge in [0.05, 0.1) is 24.0 Å². The highest BCUT2D eigenvalue weighted by Gasteiger charge is 2.09. The Morgan fingerprint density at radius 2 is 2.26 bits per heavy atom. The molecule has 0 aliphatic carbocycles. The predicted molar refractivity (Wildman–Crippen MR) is 73.2 cm³/mol. The minimum absolute atomic E-state index is 0.184. The number of amides is 1. The lowest BCUT2D eigenvalue weighted by molar-refractivity contribution is -0.117. The lowest BCUT2D eigenvalue weighted by atomic mass is 10.2. The summed E-state index contributed by atoms with van der Waals surface area (Å²) in [6.07, 6.45) is 0.209. The third-order valence-corrected chi connectivity index (χ3v) is 2.63. The molecular weight excluding hydrogens is 249 g/mol. The summed E-state index contributed by atoms with van der Waals surface area (Å²) in [5.41, 5.74) is 6.19. The number of nitrogen functional groups attached to an aromatic ring is 1. The smallest absolute Gasteiger partial charge is 0.238 e. The van der Waals surface area contributed by atoms with Crippen LogP contribution >= 0.6 is 0 Å². The summed E-state index contributed by atoms with van der Waals surface area (Å²) < 4.78 is 12.8. The van der Waals surface area contributed by atoms with Crippen molar-refractivity contribution in [1.29, 1.82) is 0 Å². The van der Waals surface area contributed by atoms with Crippen molar-refractivity contribution in [1.82, 2.24) is 4.90 Å². The van der Waals surface area contributed by atoms with Gasteiger partial charge < -0.3 is 16.2 Å². The van der Waals surface area contributed by atoms with Crippen LogP contribution in [0.4, 0.5) is 15.8 Å². The van der Waals surface area contributed by atoms with Crippen LogP contribution in [0, 0.1) is 5.82 Å². The van der Waals surface area contributed by atoms with Gasteiger partial charge in [0.1, 0.15) is 5.82 Å². The molecule has 6 heteroatoms. The molecule has 1 atom stereocenters. The molecule has 1 aromatic carbocycles. The molecule has 0 spiro atoms. The van der Waals surface area contributed by atoms with Crippen LogP contribution in [0.1, 0.15) is 13.3 Å².